The molecule has 0 aliphatic carbocycles. The molecule has 0 saturated heterocycles. The topological polar surface area (TPSA) is 59.8 Å². The molecule has 5 heteroatoms. The van der Waals surface area contributed by atoms with Gasteiger partial charge in [-0.2, -0.15) is 0 Å². The maximum absolute atomic E-state index is 12.5. The first kappa shape index (κ1) is 16.0. The molecule has 4 rings (SSSR count). The Morgan fingerprint density at radius 3 is 2.62 bits per heavy atom. The van der Waals surface area contributed by atoms with Crippen molar-refractivity contribution in [1.29, 1.82) is 0 Å². The van der Waals surface area contributed by atoms with Crippen LogP contribution in [0.2, 0.25) is 0 Å². The second kappa shape index (κ2) is 6.80. The van der Waals surface area contributed by atoms with Crippen molar-refractivity contribution in [2.45, 2.75) is 13.0 Å². The van der Waals surface area contributed by atoms with Gasteiger partial charge in [-0.1, -0.05) is 36.4 Å². The minimum Gasteiger partial charge on any atom is -0.344 e. The molecule has 0 fully saturated rings. The molecule has 0 spiro atoms. The van der Waals surface area contributed by atoms with E-state index >= 15 is 0 Å². The van der Waals surface area contributed by atoms with Gasteiger partial charge in [0.05, 0.1) is 17.9 Å². The number of amides is 1. The number of benzene rings is 2. The number of nitrogens with one attached hydrogen (secondary N) is 1. The van der Waals surface area contributed by atoms with Crippen molar-refractivity contribution in [3.8, 4) is 5.69 Å². The van der Waals surface area contributed by atoms with Crippen molar-refractivity contribution in [2.75, 3.05) is 0 Å². The summed E-state index contributed by atoms with van der Waals surface area (Å²) in [6.45, 7) is 1.96. The molecule has 2 aromatic heterocycles. The van der Waals surface area contributed by atoms with Gasteiger partial charge in [0, 0.05) is 23.5 Å². The lowest BCUT2D eigenvalue weighted by Crippen LogP contribution is -2.27. The van der Waals surface area contributed by atoms with Gasteiger partial charge in [0.25, 0.3) is 5.91 Å². The van der Waals surface area contributed by atoms with E-state index in [4.69, 9.17) is 0 Å². The average Bonchev–Trinajstić information content (AvgIpc) is 3.22. The Hall–Kier alpha value is -3.47. The largest absolute Gasteiger partial charge is 0.344 e. The number of hydrogen-bond acceptors (Lipinski definition) is 3. The normalized spacial score (nSPS) is 12.0. The van der Waals surface area contributed by atoms with Gasteiger partial charge < -0.3 is 9.88 Å². The molecule has 26 heavy (non-hydrogen) atoms. The molecule has 2 heterocycles. The predicted molar refractivity (Wildman–Crippen MR) is 101 cm³/mol. The van der Waals surface area contributed by atoms with Gasteiger partial charge in [0.2, 0.25) is 0 Å². The number of rotatable bonds is 4. The third-order valence-electron chi connectivity index (χ3n) is 4.37. The highest BCUT2D eigenvalue weighted by Gasteiger charge is 2.13. The highest BCUT2D eigenvalue weighted by molar-refractivity contribution is 5.95. The minimum atomic E-state index is -0.179. The lowest BCUT2D eigenvalue weighted by atomic mass is 10.1. The van der Waals surface area contributed by atoms with Gasteiger partial charge in [-0.05, 0) is 36.8 Å². The number of para-hydroxylation sites is 1. The van der Waals surface area contributed by atoms with E-state index in [-0.39, 0.29) is 11.9 Å². The van der Waals surface area contributed by atoms with Crippen LogP contribution in [-0.4, -0.2) is 20.4 Å². The molecular formula is C21H18N4O. The Kier molecular flexibility index (Phi) is 4.19. The van der Waals surface area contributed by atoms with Crippen LogP contribution in [0.4, 0.5) is 0 Å². The van der Waals surface area contributed by atoms with E-state index in [1.165, 1.54) is 0 Å². The van der Waals surface area contributed by atoms with Crippen LogP contribution in [0.1, 0.15) is 29.0 Å². The van der Waals surface area contributed by atoms with E-state index in [9.17, 15) is 4.79 Å². The van der Waals surface area contributed by atoms with E-state index in [0.717, 1.165) is 22.2 Å². The quantitative estimate of drug-likeness (QED) is 0.612. The van der Waals surface area contributed by atoms with Crippen molar-refractivity contribution in [3.63, 3.8) is 0 Å². The van der Waals surface area contributed by atoms with Gasteiger partial charge in [-0.25, -0.2) is 9.97 Å². The summed E-state index contributed by atoms with van der Waals surface area (Å²) in [6, 6.07) is 19.4. The Morgan fingerprint density at radius 1 is 1.04 bits per heavy atom. The molecule has 1 atom stereocenters. The SMILES string of the molecule is C[C@H](NC(=O)c1ccc2ccccc2n1)c1ccc(-n2ccnc2)cc1. The molecule has 0 saturated carbocycles. The summed E-state index contributed by atoms with van der Waals surface area (Å²) in [5.74, 6) is -0.179. The van der Waals surface area contributed by atoms with Crippen LogP contribution in [0.15, 0.2) is 79.4 Å². The summed E-state index contributed by atoms with van der Waals surface area (Å²) in [6.07, 6.45) is 5.39. The number of fused-ring (bicyclic) bond motifs is 1. The summed E-state index contributed by atoms with van der Waals surface area (Å²) in [5.41, 5.74) is 3.30. The molecule has 1 N–H and O–H groups in total. The summed E-state index contributed by atoms with van der Waals surface area (Å²) in [5, 5.41) is 4.03. The first-order valence-corrected chi connectivity index (χ1v) is 8.46. The number of aromatic nitrogens is 3. The molecule has 0 bridgehead atoms. The standard InChI is InChI=1S/C21H18N4O/c1-15(16-6-9-18(10-7-16)25-13-12-22-14-25)23-21(26)20-11-8-17-4-2-3-5-19(17)24-20/h2-15H,1H3,(H,23,26)/t15-/m0/s1. The van der Waals surface area contributed by atoms with Crippen molar-refractivity contribution in [3.05, 3.63) is 90.6 Å². The number of carbonyl (C=O) groups is 1. The van der Waals surface area contributed by atoms with Crippen LogP contribution in [0, 0.1) is 0 Å². The third kappa shape index (κ3) is 3.19. The fourth-order valence-electron chi connectivity index (χ4n) is 2.89. The second-order valence-electron chi connectivity index (χ2n) is 6.15. The predicted octanol–water partition coefficient (Wildman–Crippen LogP) is 3.91. The molecule has 5 nitrogen and oxygen atoms in total. The third-order valence-corrected chi connectivity index (χ3v) is 4.37. The van der Waals surface area contributed by atoms with Gasteiger partial charge >= 0.3 is 0 Å². The summed E-state index contributed by atoms with van der Waals surface area (Å²) >= 11 is 0. The second-order valence-corrected chi connectivity index (χ2v) is 6.15. The van der Waals surface area contributed by atoms with E-state index in [1.54, 1.807) is 18.6 Å². The van der Waals surface area contributed by atoms with Crippen LogP contribution in [0.5, 0.6) is 0 Å². The zero-order valence-electron chi connectivity index (χ0n) is 14.3. The van der Waals surface area contributed by atoms with E-state index < -0.39 is 0 Å². The Morgan fingerprint density at radius 2 is 1.85 bits per heavy atom. The lowest BCUT2D eigenvalue weighted by Gasteiger charge is -2.15. The van der Waals surface area contributed by atoms with Crippen LogP contribution in [0.25, 0.3) is 16.6 Å². The molecule has 0 aliphatic rings. The molecule has 0 unspecified atom stereocenters. The lowest BCUT2D eigenvalue weighted by molar-refractivity contribution is 0.0935. The number of carbonyl (C=O) groups excluding carboxylic acids is 1. The van der Waals surface area contributed by atoms with Gasteiger partial charge in [-0.15, -0.1) is 0 Å². The summed E-state index contributed by atoms with van der Waals surface area (Å²) in [4.78, 5) is 21.0. The Balaban J connectivity index is 1.49. The molecule has 2 aromatic carbocycles. The zero-order chi connectivity index (χ0) is 17.9. The van der Waals surface area contributed by atoms with Crippen LogP contribution >= 0.6 is 0 Å². The maximum Gasteiger partial charge on any atom is 0.270 e. The molecule has 1 amide bonds. The maximum atomic E-state index is 12.5. The fourth-order valence-corrected chi connectivity index (χ4v) is 2.89. The zero-order valence-corrected chi connectivity index (χ0v) is 14.3. The average molecular weight is 342 g/mol. The summed E-state index contributed by atoms with van der Waals surface area (Å²) < 4.78 is 1.94. The highest BCUT2D eigenvalue weighted by Crippen LogP contribution is 2.17. The van der Waals surface area contributed by atoms with Gasteiger partial charge in [-0.3, -0.25) is 4.79 Å². The molecule has 0 radical (unpaired) electrons. The van der Waals surface area contributed by atoms with Crippen molar-refractivity contribution >= 4 is 16.8 Å². The first-order chi connectivity index (χ1) is 12.7. The minimum absolute atomic E-state index is 0.118. The fraction of sp³-hybridized carbons (Fsp3) is 0.0952. The van der Waals surface area contributed by atoms with Crippen molar-refractivity contribution < 1.29 is 4.79 Å². The van der Waals surface area contributed by atoms with Crippen molar-refractivity contribution in [1.82, 2.24) is 19.9 Å². The Labute approximate surface area is 151 Å². The number of pyridine rings is 1. The van der Waals surface area contributed by atoms with Crippen LogP contribution in [-0.2, 0) is 0 Å². The monoisotopic (exact) mass is 342 g/mol. The Bertz CT molecular complexity index is 1040. The molecule has 128 valence electrons. The van der Waals surface area contributed by atoms with E-state index in [2.05, 4.69) is 15.3 Å². The highest BCUT2D eigenvalue weighted by atomic mass is 16.1. The molecule has 4 aromatic rings. The number of hydrogen-bond donors (Lipinski definition) is 1. The smallest absolute Gasteiger partial charge is 0.270 e. The van der Waals surface area contributed by atoms with Crippen LogP contribution < -0.4 is 5.32 Å². The van der Waals surface area contributed by atoms with Crippen LogP contribution in [0.3, 0.4) is 0 Å². The first-order valence-electron chi connectivity index (χ1n) is 8.46. The number of nitrogens with zero attached hydrogens (tertiary/aromatic N) is 3. The van der Waals surface area contributed by atoms with E-state index in [0.29, 0.717) is 5.69 Å². The number of imidazole rings is 1. The van der Waals surface area contributed by atoms with Gasteiger partial charge in [0.1, 0.15) is 5.69 Å². The van der Waals surface area contributed by atoms with Gasteiger partial charge in [0.15, 0.2) is 0 Å². The van der Waals surface area contributed by atoms with E-state index in [1.807, 2.05) is 72.3 Å². The molecular weight excluding hydrogens is 324 g/mol. The summed E-state index contributed by atoms with van der Waals surface area (Å²) in [7, 11) is 0. The van der Waals surface area contributed by atoms with Crippen molar-refractivity contribution in [2.24, 2.45) is 0 Å². The molecule has 0 aliphatic heterocycles.